The van der Waals surface area contributed by atoms with Crippen molar-refractivity contribution in [3.05, 3.63) is 34.8 Å². The highest BCUT2D eigenvalue weighted by Crippen LogP contribution is 2.37. The van der Waals surface area contributed by atoms with Crippen molar-refractivity contribution in [3.8, 4) is 0 Å². The van der Waals surface area contributed by atoms with Crippen LogP contribution >= 0.6 is 0 Å². The average Bonchev–Trinajstić information content (AvgIpc) is 2.95. The Balaban J connectivity index is 1.57. The summed E-state index contributed by atoms with van der Waals surface area (Å²) < 4.78 is 6.47. The number of carbonyl (C=O) groups is 2. The number of hydrogen-bond acceptors (Lipinski definition) is 5. The number of aromatic nitrogens is 1. The van der Waals surface area contributed by atoms with Crippen LogP contribution in [-0.2, 0) is 16.1 Å². The summed E-state index contributed by atoms with van der Waals surface area (Å²) in [6.45, 7) is 0.976. The van der Waals surface area contributed by atoms with E-state index in [-0.39, 0.29) is 24.9 Å². The third-order valence-electron chi connectivity index (χ3n) is 5.54. The summed E-state index contributed by atoms with van der Waals surface area (Å²) in [6.07, 6.45) is 0.916. The minimum absolute atomic E-state index is 0.149. The SMILES string of the molecule is O=C(Cn1c(=O)oc2ccccc21)N1CC[C@H](O)[C@@]2(CCCNC2=O)C1. The van der Waals surface area contributed by atoms with Gasteiger partial charge in [-0.2, -0.15) is 0 Å². The molecule has 2 atom stereocenters. The van der Waals surface area contributed by atoms with Crippen LogP contribution < -0.4 is 11.1 Å². The third-order valence-corrected chi connectivity index (χ3v) is 5.54. The van der Waals surface area contributed by atoms with E-state index in [0.717, 1.165) is 6.42 Å². The predicted molar refractivity (Wildman–Crippen MR) is 92.4 cm³/mol. The summed E-state index contributed by atoms with van der Waals surface area (Å²) in [6, 6.07) is 6.94. The van der Waals surface area contributed by atoms with Gasteiger partial charge in [-0.05, 0) is 31.4 Å². The number of oxazole rings is 1. The first-order valence-corrected chi connectivity index (χ1v) is 8.84. The molecule has 4 rings (SSSR count). The van der Waals surface area contributed by atoms with Crippen LogP contribution in [0.4, 0.5) is 0 Å². The number of likely N-dealkylation sites (tertiary alicyclic amines) is 1. The maximum Gasteiger partial charge on any atom is 0.420 e. The molecule has 1 aromatic carbocycles. The molecule has 3 heterocycles. The van der Waals surface area contributed by atoms with Gasteiger partial charge in [0, 0.05) is 19.6 Å². The van der Waals surface area contributed by atoms with E-state index in [1.165, 1.54) is 4.57 Å². The van der Waals surface area contributed by atoms with Gasteiger partial charge in [0.05, 0.1) is 17.0 Å². The number of nitrogens with zero attached hydrogens (tertiary/aromatic N) is 2. The van der Waals surface area contributed by atoms with Crippen molar-refractivity contribution in [1.82, 2.24) is 14.8 Å². The highest BCUT2D eigenvalue weighted by atomic mass is 16.4. The molecule has 2 saturated heterocycles. The van der Waals surface area contributed by atoms with Gasteiger partial charge < -0.3 is 19.7 Å². The Bertz CT molecular complexity index is 917. The highest BCUT2D eigenvalue weighted by molar-refractivity contribution is 5.86. The molecule has 0 radical (unpaired) electrons. The van der Waals surface area contributed by atoms with E-state index in [2.05, 4.69) is 5.32 Å². The molecular weight excluding hydrogens is 338 g/mol. The van der Waals surface area contributed by atoms with E-state index < -0.39 is 17.3 Å². The number of aliphatic hydroxyl groups is 1. The summed E-state index contributed by atoms with van der Waals surface area (Å²) in [5.74, 6) is -1.04. The van der Waals surface area contributed by atoms with Gasteiger partial charge >= 0.3 is 5.76 Å². The van der Waals surface area contributed by atoms with Crippen molar-refractivity contribution >= 4 is 22.9 Å². The lowest BCUT2D eigenvalue weighted by atomic mass is 9.71. The number of para-hydroxylation sites is 2. The Morgan fingerprint density at radius 2 is 2.15 bits per heavy atom. The second kappa shape index (κ2) is 6.28. The summed E-state index contributed by atoms with van der Waals surface area (Å²) in [5.41, 5.74) is 0.0470. The topological polar surface area (TPSA) is 105 Å². The van der Waals surface area contributed by atoms with Gasteiger partial charge in [0.2, 0.25) is 11.8 Å². The molecule has 2 aromatic rings. The molecule has 8 nitrogen and oxygen atoms in total. The van der Waals surface area contributed by atoms with E-state index in [0.29, 0.717) is 37.0 Å². The number of benzene rings is 1. The van der Waals surface area contributed by atoms with E-state index in [1.54, 1.807) is 29.2 Å². The Labute approximate surface area is 149 Å². The van der Waals surface area contributed by atoms with Crippen molar-refractivity contribution in [3.63, 3.8) is 0 Å². The van der Waals surface area contributed by atoms with Crippen LogP contribution in [0.15, 0.2) is 33.5 Å². The molecular formula is C18H21N3O5. The van der Waals surface area contributed by atoms with Crippen molar-refractivity contribution in [2.45, 2.75) is 31.9 Å². The lowest BCUT2D eigenvalue weighted by Crippen LogP contribution is -2.62. The van der Waals surface area contributed by atoms with Crippen LogP contribution in [-0.4, -0.2) is 52.1 Å². The number of hydrogen-bond donors (Lipinski definition) is 2. The van der Waals surface area contributed by atoms with Gasteiger partial charge in [-0.15, -0.1) is 0 Å². The van der Waals surface area contributed by atoms with Crippen molar-refractivity contribution in [1.29, 1.82) is 0 Å². The molecule has 0 aliphatic carbocycles. The molecule has 1 aromatic heterocycles. The largest absolute Gasteiger partial charge is 0.420 e. The number of fused-ring (bicyclic) bond motifs is 1. The number of carbonyl (C=O) groups excluding carboxylic acids is 2. The molecule has 0 unspecified atom stereocenters. The van der Waals surface area contributed by atoms with Crippen LogP contribution in [0, 0.1) is 5.41 Å². The second-order valence-corrected chi connectivity index (χ2v) is 7.06. The molecule has 2 N–H and O–H groups in total. The molecule has 2 aliphatic heterocycles. The molecule has 2 aliphatic rings. The van der Waals surface area contributed by atoms with E-state index >= 15 is 0 Å². The van der Waals surface area contributed by atoms with Gasteiger partial charge in [-0.1, -0.05) is 12.1 Å². The number of piperidine rings is 2. The molecule has 0 saturated carbocycles. The quantitative estimate of drug-likeness (QED) is 0.790. The molecule has 2 fully saturated rings. The lowest BCUT2D eigenvalue weighted by molar-refractivity contribution is -0.155. The Kier molecular flexibility index (Phi) is 4.07. The molecule has 0 bridgehead atoms. The van der Waals surface area contributed by atoms with Gasteiger partial charge in [0.15, 0.2) is 5.58 Å². The molecule has 138 valence electrons. The fraction of sp³-hybridized carbons (Fsp3) is 0.500. The van der Waals surface area contributed by atoms with Crippen molar-refractivity contribution < 1.29 is 19.1 Å². The van der Waals surface area contributed by atoms with E-state index in [9.17, 15) is 19.5 Å². The molecule has 1 spiro atoms. The summed E-state index contributed by atoms with van der Waals surface area (Å²) >= 11 is 0. The lowest BCUT2D eigenvalue weighted by Gasteiger charge is -2.46. The van der Waals surface area contributed by atoms with Crippen LogP contribution in [0.2, 0.25) is 0 Å². The van der Waals surface area contributed by atoms with Crippen molar-refractivity contribution in [2.24, 2.45) is 5.41 Å². The minimum Gasteiger partial charge on any atom is -0.408 e. The fourth-order valence-corrected chi connectivity index (χ4v) is 4.06. The van der Waals surface area contributed by atoms with Crippen LogP contribution in [0.3, 0.4) is 0 Å². The van der Waals surface area contributed by atoms with Crippen molar-refractivity contribution in [2.75, 3.05) is 19.6 Å². The van der Waals surface area contributed by atoms with Gasteiger partial charge in [0.25, 0.3) is 0 Å². The number of nitrogens with one attached hydrogen (secondary N) is 1. The highest BCUT2D eigenvalue weighted by Gasteiger charge is 2.50. The van der Waals surface area contributed by atoms with Gasteiger partial charge in [-0.3, -0.25) is 14.2 Å². The summed E-state index contributed by atoms with van der Waals surface area (Å²) in [4.78, 5) is 38.9. The normalized spacial score (nSPS) is 26.3. The Hall–Kier alpha value is -2.61. The molecule has 8 heteroatoms. The summed E-state index contributed by atoms with van der Waals surface area (Å²) in [5, 5.41) is 13.2. The van der Waals surface area contributed by atoms with E-state index in [4.69, 9.17) is 4.42 Å². The first kappa shape index (κ1) is 16.8. The number of amides is 2. The van der Waals surface area contributed by atoms with Crippen LogP contribution in [0.1, 0.15) is 19.3 Å². The standard InChI is InChI=1S/C18H21N3O5/c22-14-6-9-20(11-18(14)7-3-8-19-16(18)24)15(23)10-21-12-4-1-2-5-13(12)26-17(21)25/h1-2,4-5,14,22H,3,6-11H2,(H,19,24)/t14-,18+/m0/s1. The number of aliphatic hydroxyl groups excluding tert-OH is 1. The first-order valence-electron chi connectivity index (χ1n) is 8.84. The third kappa shape index (κ3) is 2.61. The molecule has 2 amide bonds. The Morgan fingerprint density at radius 3 is 2.96 bits per heavy atom. The van der Waals surface area contributed by atoms with E-state index in [1.807, 2.05) is 0 Å². The van der Waals surface area contributed by atoms with Crippen LogP contribution in [0.5, 0.6) is 0 Å². The fourth-order valence-electron chi connectivity index (χ4n) is 4.06. The van der Waals surface area contributed by atoms with Crippen LogP contribution in [0.25, 0.3) is 11.1 Å². The monoisotopic (exact) mass is 359 g/mol. The second-order valence-electron chi connectivity index (χ2n) is 7.06. The predicted octanol–water partition coefficient (Wildman–Crippen LogP) is 0.0841. The Morgan fingerprint density at radius 1 is 1.35 bits per heavy atom. The van der Waals surface area contributed by atoms with Gasteiger partial charge in [0.1, 0.15) is 6.54 Å². The zero-order valence-electron chi connectivity index (χ0n) is 14.3. The number of rotatable bonds is 2. The average molecular weight is 359 g/mol. The zero-order valence-corrected chi connectivity index (χ0v) is 14.3. The minimum atomic E-state index is -0.949. The summed E-state index contributed by atoms with van der Waals surface area (Å²) in [7, 11) is 0. The zero-order chi connectivity index (χ0) is 18.3. The smallest absolute Gasteiger partial charge is 0.408 e. The molecule has 26 heavy (non-hydrogen) atoms. The first-order chi connectivity index (χ1) is 12.5. The maximum atomic E-state index is 12.8. The maximum absolute atomic E-state index is 12.8. The van der Waals surface area contributed by atoms with Gasteiger partial charge in [-0.25, -0.2) is 4.79 Å².